The molecule has 5 heteroatoms. The lowest BCUT2D eigenvalue weighted by Gasteiger charge is -2.32. The highest BCUT2D eigenvalue weighted by Gasteiger charge is 2.27. The van der Waals surface area contributed by atoms with Gasteiger partial charge >= 0.3 is 0 Å². The zero-order valence-corrected chi connectivity index (χ0v) is 12.6. The van der Waals surface area contributed by atoms with Crippen molar-refractivity contribution in [2.45, 2.75) is 12.3 Å². The fourth-order valence-corrected chi connectivity index (χ4v) is 2.49. The predicted molar refractivity (Wildman–Crippen MR) is 88.2 cm³/mol. The lowest BCUT2D eigenvalue weighted by molar-refractivity contribution is 0.173. The van der Waals surface area contributed by atoms with E-state index in [1.165, 1.54) is 30.3 Å². The fourth-order valence-electron chi connectivity index (χ4n) is 2.49. The summed E-state index contributed by atoms with van der Waals surface area (Å²) in [6, 6.07) is 8.77. The van der Waals surface area contributed by atoms with Crippen LogP contribution in [0, 0.1) is 11.7 Å². The van der Waals surface area contributed by atoms with Crippen molar-refractivity contribution >= 4 is 0 Å². The third-order valence-corrected chi connectivity index (χ3v) is 3.73. The molecule has 2 aromatic rings. The standard InChI is InChI=1S/C19H20FNO3/c20-15-3-1-13(2-4-15)17-7-8-21-10-14(17)11-22-16-5-6-18-19(9-16)24-12-23-18/h1-6,9,14,17,21H,7-8,10-12H2/t14-,17?/m1/s1/i8D2,10D2,12D2,14D,17D. The molecule has 0 radical (unpaired) electrons. The normalized spacial score (nSPS) is 39.7. The van der Waals surface area contributed by atoms with Crippen molar-refractivity contribution in [2.75, 3.05) is 26.3 Å². The van der Waals surface area contributed by atoms with Gasteiger partial charge in [0.05, 0.1) is 6.61 Å². The minimum atomic E-state index is -2.71. The molecule has 4 rings (SSSR count). The summed E-state index contributed by atoms with van der Waals surface area (Å²) in [4.78, 5) is 0. The number of ether oxygens (including phenoxy) is 3. The van der Waals surface area contributed by atoms with Gasteiger partial charge in [0.1, 0.15) is 14.3 Å². The first kappa shape index (κ1) is 8.72. The van der Waals surface area contributed by atoms with E-state index < -0.39 is 50.4 Å². The smallest absolute Gasteiger partial charge is 0.231 e. The third kappa shape index (κ3) is 3.17. The highest BCUT2D eigenvalue weighted by molar-refractivity contribution is 5.46. The van der Waals surface area contributed by atoms with Crippen LogP contribution < -0.4 is 19.5 Å². The van der Waals surface area contributed by atoms with Gasteiger partial charge in [-0.15, -0.1) is 0 Å². The minimum Gasteiger partial charge on any atom is -0.493 e. The average Bonchev–Trinajstić information content (AvgIpc) is 2.97. The van der Waals surface area contributed by atoms with E-state index in [-0.39, 0.29) is 22.8 Å². The van der Waals surface area contributed by atoms with Crippen LogP contribution in [0.1, 0.15) is 28.8 Å². The zero-order valence-electron chi connectivity index (χ0n) is 20.6. The van der Waals surface area contributed by atoms with Crippen molar-refractivity contribution in [3.8, 4) is 17.2 Å². The van der Waals surface area contributed by atoms with Gasteiger partial charge in [0, 0.05) is 26.7 Å². The summed E-state index contributed by atoms with van der Waals surface area (Å²) in [5.74, 6) is -4.77. The molecule has 1 fully saturated rings. The van der Waals surface area contributed by atoms with Gasteiger partial charge in [-0.3, -0.25) is 0 Å². The third-order valence-electron chi connectivity index (χ3n) is 3.73. The number of fused-ring (bicyclic) bond motifs is 1. The van der Waals surface area contributed by atoms with E-state index in [9.17, 15) is 4.39 Å². The van der Waals surface area contributed by atoms with Gasteiger partial charge in [-0.05, 0) is 48.6 Å². The molecule has 0 amide bonds. The van der Waals surface area contributed by atoms with Crippen molar-refractivity contribution in [3.63, 3.8) is 0 Å². The van der Waals surface area contributed by atoms with Crippen molar-refractivity contribution in [2.24, 2.45) is 5.89 Å². The maximum absolute atomic E-state index is 13.5. The van der Waals surface area contributed by atoms with E-state index in [1.807, 2.05) is 0 Å². The Labute approximate surface area is 151 Å². The molecular weight excluding hydrogens is 309 g/mol. The van der Waals surface area contributed by atoms with Crippen LogP contribution in [0.15, 0.2) is 42.5 Å². The first-order chi connectivity index (χ1) is 14.7. The van der Waals surface area contributed by atoms with Crippen molar-refractivity contribution < 1.29 is 29.6 Å². The Morgan fingerprint density at radius 2 is 2.04 bits per heavy atom. The molecule has 1 unspecified atom stereocenters. The van der Waals surface area contributed by atoms with Crippen LogP contribution in [0.5, 0.6) is 17.2 Å². The lowest BCUT2D eigenvalue weighted by atomic mass is 9.81. The number of nitrogens with one attached hydrogen (secondary N) is 1. The highest BCUT2D eigenvalue weighted by atomic mass is 19.1. The van der Waals surface area contributed by atoms with E-state index >= 15 is 0 Å². The zero-order chi connectivity index (χ0) is 23.6. The Bertz CT molecular complexity index is 1040. The molecule has 2 aliphatic rings. The largest absolute Gasteiger partial charge is 0.493 e. The van der Waals surface area contributed by atoms with Crippen LogP contribution in [0.2, 0.25) is 0 Å². The molecule has 2 aliphatic heterocycles. The van der Waals surface area contributed by atoms with Gasteiger partial charge in [0.15, 0.2) is 11.5 Å². The molecule has 0 spiro atoms. The van der Waals surface area contributed by atoms with Crippen LogP contribution in [0.25, 0.3) is 0 Å². The van der Waals surface area contributed by atoms with Gasteiger partial charge in [0.25, 0.3) is 0 Å². The maximum Gasteiger partial charge on any atom is 0.231 e. The van der Waals surface area contributed by atoms with Crippen molar-refractivity contribution in [1.82, 2.24) is 5.32 Å². The van der Waals surface area contributed by atoms with Gasteiger partial charge in [-0.25, -0.2) is 4.39 Å². The summed E-state index contributed by atoms with van der Waals surface area (Å²) in [5, 5.41) is 2.16. The van der Waals surface area contributed by atoms with Crippen LogP contribution in [-0.4, -0.2) is 26.3 Å². The molecule has 0 saturated carbocycles. The summed E-state index contributed by atoms with van der Waals surface area (Å²) in [5.41, 5.74) is 0.0747. The first-order valence-electron chi connectivity index (χ1n) is 11.4. The van der Waals surface area contributed by atoms with Crippen LogP contribution in [0.4, 0.5) is 4.39 Å². The lowest BCUT2D eigenvalue weighted by Crippen LogP contribution is -2.38. The molecule has 2 heterocycles. The van der Waals surface area contributed by atoms with E-state index in [0.717, 1.165) is 12.1 Å². The molecule has 1 saturated heterocycles. The summed E-state index contributed by atoms with van der Waals surface area (Å²) in [6.45, 7) is -8.03. The Morgan fingerprint density at radius 3 is 2.92 bits per heavy atom. The van der Waals surface area contributed by atoms with Crippen LogP contribution in [-0.2, 0) is 0 Å². The fraction of sp³-hybridized carbons (Fsp3) is 0.368. The Balaban J connectivity index is 1.68. The number of hydrogen-bond donors (Lipinski definition) is 1. The number of benzene rings is 2. The second-order valence-corrected chi connectivity index (χ2v) is 5.25. The summed E-state index contributed by atoms with van der Waals surface area (Å²) < 4.78 is 95.0. The van der Waals surface area contributed by atoms with E-state index in [0.29, 0.717) is 0 Å². The molecule has 2 aromatic carbocycles. The minimum absolute atomic E-state index is 0.0586. The Hall–Kier alpha value is -2.27. The Kier molecular flexibility index (Phi) is 2.43. The second kappa shape index (κ2) is 6.69. The van der Waals surface area contributed by atoms with Gasteiger partial charge in [-0.1, -0.05) is 12.1 Å². The van der Waals surface area contributed by atoms with E-state index in [4.69, 9.17) is 25.2 Å². The molecule has 4 nitrogen and oxygen atoms in total. The number of rotatable bonds is 4. The van der Waals surface area contributed by atoms with Gasteiger partial charge < -0.3 is 19.5 Å². The van der Waals surface area contributed by atoms with Crippen molar-refractivity contribution in [1.29, 1.82) is 0 Å². The molecule has 0 aliphatic carbocycles. The van der Waals surface area contributed by atoms with E-state index in [2.05, 4.69) is 5.32 Å². The summed E-state index contributed by atoms with van der Waals surface area (Å²) in [6.07, 6.45) is -0.584. The first-order valence-corrected chi connectivity index (χ1v) is 7.37. The molecular formula is C19H20FNO3. The quantitative estimate of drug-likeness (QED) is 0.929. The van der Waals surface area contributed by atoms with Gasteiger partial charge in [0.2, 0.25) is 6.75 Å². The predicted octanol–water partition coefficient (Wildman–Crippen LogP) is 3.33. The van der Waals surface area contributed by atoms with Crippen molar-refractivity contribution in [3.05, 3.63) is 53.8 Å². The van der Waals surface area contributed by atoms with E-state index in [1.54, 1.807) is 0 Å². The molecule has 0 bridgehead atoms. The summed E-state index contributed by atoms with van der Waals surface area (Å²) in [7, 11) is 0. The average molecular weight is 337 g/mol. The monoisotopic (exact) mass is 337 g/mol. The topological polar surface area (TPSA) is 39.7 Å². The molecule has 1 N–H and O–H groups in total. The summed E-state index contributed by atoms with van der Waals surface area (Å²) >= 11 is 0. The molecule has 0 aromatic heterocycles. The van der Waals surface area contributed by atoms with Gasteiger partial charge in [-0.2, -0.15) is 0 Å². The van der Waals surface area contributed by atoms with Crippen LogP contribution >= 0.6 is 0 Å². The second-order valence-electron chi connectivity index (χ2n) is 5.25. The number of halogens is 1. The highest BCUT2D eigenvalue weighted by Crippen LogP contribution is 2.36. The molecule has 24 heavy (non-hydrogen) atoms. The molecule has 2 atom stereocenters. The van der Waals surface area contributed by atoms with Crippen LogP contribution in [0.3, 0.4) is 0 Å². The number of hydrogen-bond acceptors (Lipinski definition) is 4. The maximum atomic E-state index is 13.5. The SMILES string of the molecule is [2H]C1([2H])CC([2H])(c2ccc(F)cc2)[C@@]([2H])(COc2ccc3c(c2)OC([2H])([2H])O3)C([2H])([2H])N1. The molecule has 126 valence electrons. The number of piperidine rings is 1. The Morgan fingerprint density at radius 1 is 1.21 bits per heavy atom.